The van der Waals surface area contributed by atoms with Crippen LogP contribution < -0.4 is 20.1 Å². The van der Waals surface area contributed by atoms with Gasteiger partial charge in [0.1, 0.15) is 54.7 Å². The van der Waals surface area contributed by atoms with Crippen LogP contribution in [0.1, 0.15) is 26.7 Å². The van der Waals surface area contributed by atoms with Crippen molar-refractivity contribution < 1.29 is 64.4 Å². The van der Waals surface area contributed by atoms with E-state index in [0.29, 0.717) is 23.6 Å². The number of nitro benzene ring substituents is 2. The second-order valence-corrected chi connectivity index (χ2v) is 14.5. The number of benzene rings is 4. The zero-order valence-electron chi connectivity index (χ0n) is 32.1. The molecule has 0 fully saturated rings. The molecular formula is C34H30BaN8O16S2. The number of nitro groups is 2. The van der Waals surface area contributed by atoms with Gasteiger partial charge in [-0.2, -0.15) is 0 Å². The van der Waals surface area contributed by atoms with Gasteiger partial charge in [0.05, 0.1) is 58.1 Å². The van der Waals surface area contributed by atoms with Crippen LogP contribution in [0.2, 0.25) is 0 Å². The molecule has 0 aliphatic carbocycles. The Morgan fingerprint density at radius 3 is 1.16 bits per heavy atom. The van der Waals surface area contributed by atoms with E-state index in [1.165, 1.54) is 64.5 Å². The Morgan fingerprint density at radius 1 is 0.574 bits per heavy atom. The van der Waals surface area contributed by atoms with Crippen molar-refractivity contribution in [3.8, 4) is 11.5 Å². The molecular weight excluding hydrogens is 978 g/mol. The van der Waals surface area contributed by atoms with E-state index in [0.717, 1.165) is 24.3 Å². The fraction of sp³-hybridized carbons (Fsp3) is 0.176. The molecule has 0 bridgehead atoms. The molecule has 4 rings (SSSR count). The molecule has 61 heavy (non-hydrogen) atoms. The molecule has 0 unspecified atom stereocenters. The molecule has 2 amide bonds. The summed E-state index contributed by atoms with van der Waals surface area (Å²) in [6, 6.07) is 13.5. The number of methoxy groups -OCH3 is 2. The Labute approximate surface area is 385 Å². The van der Waals surface area contributed by atoms with Gasteiger partial charge in [-0.05, 0) is 62.4 Å². The van der Waals surface area contributed by atoms with Gasteiger partial charge in [0.25, 0.3) is 11.4 Å². The number of hydrogen-bond acceptors (Lipinski definition) is 20. The van der Waals surface area contributed by atoms with Crippen molar-refractivity contribution in [3.63, 3.8) is 0 Å². The minimum absolute atomic E-state index is 0. The van der Waals surface area contributed by atoms with E-state index >= 15 is 0 Å². The zero-order valence-corrected chi connectivity index (χ0v) is 38.2. The third-order valence-electron chi connectivity index (χ3n) is 7.17. The topological polar surface area (TPSA) is 361 Å². The molecule has 0 saturated heterocycles. The van der Waals surface area contributed by atoms with Crippen LogP contribution in [0.3, 0.4) is 0 Å². The molecule has 0 aliphatic heterocycles. The predicted octanol–water partition coefficient (Wildman–Crippen LogP) is 5.30. The van der Waals surface area contributed by atoms with Gasteiger partial charge in [-0.15, -0.1) is 20.5 Å². The van der Waals surface area contributed by atoms with E-state index < -0.39 is 63.1 Å². The molecule has 4 aromatic carbocycles. The van der Waals surface area contributed by atoms with Crippen molar-refractivity contribution in [1.29, 1.82) is 0 Å². The average Bonchev–Trinajstić information content (AvgIpc) is 3.15. The van der Waals surface area contributed by atoms with Crippen molar-refractivity contribution in [2.45, 2.75) is 36.5 Å². The monoisotopic (exact) mass is 1010 g/mol. The average molecular weight is 1010 g/mol. The van der Waals surface area contributed by atoms with Crippen molar-refractivity contribution in [2.24, 2.45) is 20.5 Å². The molecule has 0 atom stereocenters. The maximum Gasteiger partial charge on any atom is 2.00 e. The molecule has 0 aromatic heterocycles. The smallest absolute Gasteiger partial charge is 0.744 e. The third-order valence-corrected chi connectivity index (χ3v) is 8.83. The largest absolute Gasteiger partial charge is 2.00 e. The Bertz CT molecular complexity index is 2480. The Balaban J connectivity index is 0.000000413. The Kier molecular flexibility index (Phi) is 19.1. The number of Topliss-reactive ketones (excluding diaryl/α,β-unsaturated/α-hetero) is 2. The van der Waals surface area contributed by atoms with Crippen LogP contribution in [-0.2, 0) is 39.4 Å². The first-order valence-electron chi connectivity index (χ1n) is 16.3. The quantitative estimate of drug-likeness (QED) is 0.0359. The summed E-state index contributed by atoms with van der Waals surface area (Å²) in [5.41, 5.74) is -1.69. The minimum atomic E-state index is -4.90. The second kappa shape index (κ2) is 22.7. The number of nitrogens with one attached hydrogen (secondary N) is 2. The summed E-state index contributed by atoms with van der Waals surface area (Å²) in [5, 5.41) is 42.5. The van der Waals surface area contributed by atoms with E-state index in [4.69, 9.17) is 9.47 Å². The third kappa shape index (κ3) is 15.9. The van der Waals surface area contributed by atoms with E-state index in [-0.39, 0.29) is 107 Å². The van der Waals surface area contributed by atoms with Gasteiger partial charge in [0, 0.05) is 24.3 Å². The fourth-order valence-electron chi connectivity index (χ4n) is 4.49. The number of azo groups is 2. The van der Waals surface area contributed by atoms with Crippen LogP contribution in [0.5, 0.6) is 11.5 Å². The van der Waals surface area contributed by atoms with Gasteiger partial charge in [-0.25, -0.2) is 16.8 Å². The number of ether oxygens (including phenoxy) is 2. The number of rotatable bonds is 16. The van der Waals surface area contributed by atoms with E-state index in [9.17, 15) is 65.3 Å². The van der Waals surface area contributed by atoms with Gasteiger partial charge < -0.3 is 29.2 Å². The summed E-state index contributed by atoms with van der Waals surface area (Å²) < 4.78 is 76.6. The summed E-state index contributed by atoms with van der Waals surface area (Å²) >= 11 is 0. The Morgan fingerprint density at radius 2 is 0.885 bits per heavy atom. The molecule has 316 valence electrons. The van der Waals surface area contributed by atoms with E-state index in [1.54, 1.807) is 0 Å². The van der Waals surface area contributed by atoms with E-state index in [1.807, 2.05) is 0 Å². The van der Waals surface area contributed by atoms with Crippen LogP contribution in [0.25, 0.3) is 0 Å². The summed E-state index contributed by atoms with van der Waals surface area (Å²) in [5.74, 6) is -1.21. The zero-order chi connectivity index (χ0) is 44.9. The molecule has 2 N–H and O–H groups in total. The molecule has 0 aliphatic rings. The molecule has 0 spiro atoms. The number of anilines is 2. The van der Waals surface area contributed by atoms with Gasteiger partial charge in [-0.1, -0.05) is 0 Å². The van der Waals surface area contributed by atoms with Gasteiger partial charge in [-0.3, -0.25) is 39.4 Å². The van der Waals surface area contributed by atoms with Gasteiger partial charge >= 0.3 is 48.9 Å². The number of amides is 2. The SMILES string of the molecule is COc1ccc(N=Nc2ccc(S(=O)(=O)[O-])cc2[N+](=O)[O-])c(NC(=O)CC(C)=O)c1.COc1ccc(N=Nc2ccc(S(=O)(=O)[O-])cc2[N+](=O)[O-])c(NC(=O)CC(C)=O)c1.[Ba+2]. The first-order valence-corrected chi connectivity index (χ1v) is 19.1. The predicted molar refractivity (Wildman–Crippen MR) is 210 cm³/mol. The maximum absolute atomic E-state index is 11.9. The standard InChI is InChI=1S/2C17H16N4O8S.Ba/c2*1-10(22)7-17(23)18-15-8-11(29-2)3-5-13(15)19-20-14-6-4-12(30(26,27)28)9-16(14)21(24)25;/h2*3-6,8-9H,7H2,1-2H3,(H,18,23)(H,26,27,28);/q;;+2/p-2. The second-order valence-electron chi connectivity index (χ2n) is 11.7. The normalized spacial score (nSPS) is 11.1. The number of carbonyl (C=O) groups excluding carboxylic acids is 4. The first kappa shape index (κ1) is 51.3. The van der Waals surface area contributed by atoms with Crippen LogP contribution in [0.15, 0.2) is 103 Å². The number of ketones is 2. The molecule has 4 aromatic rings. The molecule has 0 heterocycles. The van der Waals surface area contributed by atoms with Crippen LogP contribution >= 0.6 is 0 Å². The van der Waals surface area contributed by atoms with Gasteiger partial charge in [0.15, 0.2) is 11.4 Å². The van der Waals surface area contributed by atoms with Crippen molar-refractivity contribution in [3.05, 3.63) is 93.0 Å². The fourth-order valence-corrected chi connectivity index (χ4v) is 5.48. The van der Waals surface area contributed by atoms with Crippen molar-refractivity contribution >= 4 is 138 Å². The van der Waals surface area contributed by atoms with Crippen LogP contribution in [0.4, 0.5) is 45.5 Å². The molecule has 0 saturated carbocycles. The Hall–Kier alpha value is -5.85. The van der Waals surface area contributed by atoms with Gasteiger partial charge in [0.2, 0.25) is 11.8 Å². The molecule has 0 radical (unpaired) electrons. The summed E-state index contributed by atoms with van der Waals surface area (Å²) in [6.07, 6.45) is -0.741. The summed E-state index contributed by atoms with van der Waals surface area (Å²) in [7, 11) is -7.00. The van der Waals surface area contributed by atoms with Crippen molar-refractivity contribution in [1.82, 2.24) is 0 Å². The molecule has 27 heteroatoms. The minimum Gasteiger partial charge on any atom is -0.744 e. The first-order chi connectivity index (χ1) is 28.0. The number of hydrogen-bond donors (Lipinski definition) is 2. The van der Waals surface area contributed by atoms with Crippen molar-refractivity contribution in [2.75, 3.05) is 24.9 Å². The van der Waals surface area contributed by atoms with Crippen LogP contribution in [0, 0.1) is 20.2 Å². The summed E-state index contributed by atoms with van der Waals surface area (Å²) in [4.78, 5) is 65.1. The summed E-state index contributed by atoms with van der Waals surface area (Å²) in [6.45, 7) is 2.49. The van der Waals surface area contributed by atoms with Crippen LogP contribution in [-0.4, -0.2) is 122 Å². The molecule has 24 nitrogen and oxygen atoms in total. The number of carbonyl (C=O) groups is 4. The maximum atomic E-state index is 11.9. The number of nitrogens with zero attached hydrogens (tertiary/aromatic N) is 6. The van der Waals surface area contributed by atoms with E-state index in [2.05, 4.69) is 31.1 Å².